The van der Waals surface area contributed by atoms with Crippen molar-refractivity contribution in [3.63, 3.8) is 0 Å². The number of fused-ring (bicyclic) bond motifs is 1. The fourth-order valence-corrected chi connectivity index (χ4v) is 2.77. The first-order valence-corrected chi connectivity index (χ1v) is 6.91. The number of rotatable bonds is 1. The molecule has 0 aromatic heterocycles. The molecule has 0 amide bonds. The molecule has 1 saturated carbocycles. The van der Waals surface area contributed by atoms with E-state index in [0.29, 0.717) is 12.1 Å². The Kier molecular flexibility index (Phi) is 3.36. The minimum atomic E-state index is -0.370. The summed E-state index contributed by atoms with van der Waals surface area (Å²) in [6, 6.07) is 11.4. The minimum Gasteiger partial charge on any atom is -0.282 e. The highest BCUT2D eigenvalue weighted by Crippen LogP contribution is 2.30. The summed E-state index contributed by atoms with van der Waals surface area (Å²) < 4.78 is 0.735. The molecule has 1 aromatic rings. The van der Waals surface area contributed by atoms with Gasteiger partial charge in [-0.05, 0) is 41.2 Å². The number of nitrogens with zero attached hydrogens (tertiary/aromatic N) is 3. The van der Waals surface area contributed by atoms with E-state index in [-0.39, 0.29) is 17.6 Å². The average Bonchev–Trinajstić information content (AvgIpc) is 2.52. The maximum Gasteiger partial charge on any atom is 0.349 e. The maximum atomic E-state index is 12.2. The van der Waals surface area contributed by atoms with Crippen molar-refractivity contribution in [3.05, 3.63) is 57.9 Å². The summed E-state index contributed by atoms with van der Waals surface area (Å²) in [5.41, 5.74) is 8.46. The zero-order valence-corrected chi connectivity index (χ0v) is 11.5. The zero-order chi connectivity index (χ0) is 14.8. The molecule has 5 heteroatoms. The number of hydrogen-bond donors (Lipinski definition) is 1. The molecule has 1 heterocycles. The molecule has 5 nitrogen and oxygen atoms in total. The molecule has 104 valence electrons. The Bertz CT molecular complexity index is 722. The van der Waals surface area contributed by atoms with Crippen LogP contribution in [-0.4, -0.2) is 16.5 Å². The molecule has 0 spiro atoms. The quantitative estimate of drug-likeness (QED) is 0.802. The van der Waals surface area contributed by atoms with Gasteiger partial charge in [-0.25, -0.2) is 4.99 Å². The largest absolute Gasteiger partial charge is 0.349 e. The highest BCUT2D eigenvalue weighted by atomic mass is 16.3. The van der Waals surface area contributed by atoms with Gasteiger partial charge in [-0.2, -0.15) is 5.26 Å². The molecule has 0 bridgehead atoms. The van der Waals surface area contributed by atoms with Crippen LogP contribution < -0.4 is 5.73 Å². The van der Waals surface area contributed by atoms with Gasteiger partial charge in [0.1, 0.15) is 6.07 Å². The van der Waals surface area contributed by atoms with Gasteiger partial charge in [0.2, 0.25) is 5.70 Å². The molecule has 1 aliphatic heterocycles. The van der Waals surface area contributed by atoms with Crippen molar-refractivity contribution >= 4 is 11.8 Å². The van der Waals surface area contributed by atoms with Gasteiger partial charge < -0.3 is 0 Å². The summed E-state index contributed by atoms with van der Waals surface area (Å²) in [7, 11) is 0. The van der Waals surface area contributed by atoms with Crippen molar-refractivity contribution in [2.24, 2.45) is 10.7 Å². The van der Waals surface area contributed by atoms with Crippen molar-refractivity contribution in [2.75, 3.05) is 0 Å². The van der Waals surface area contributed by atoms with E-state index in [1.54, 1.807) is 0 Å². The second kappa shape index (κ2) is 5.33. The molecule has 0 radical (unpaired) electrons. The van der Waals surface area contributed by atoms with Crippen LogP contribution in [0, 0.1) is 16.2 Å². The van der Waals surface area contributed by atoms with Gasteiger partial charge in [0.05, 0.1) is 5.71 Å². The van der Waals surface area contributed by atoms with E-state index in [1.165, 1.54) is 0 Å². The Morgan fingerprint density at radius 2 is 2.14 bits per heavy atom. The summed E-state index contributed by atoms with van der Waals surface area (Å²) in [5.74, 6) is -0.0767. The van der Waals surface area contributed by atoms with Gasteiger partial charge >= 0.3 is 5.82 Å². The fourth-order valence-electron chi connectivity index (χ4n) is 2.77. The van der Waals surface area contributed by atoms with Crippen LogP contribution in [0.25, 0.3) is 6.08 Å². The van der Waals surface area contributed by atoms with Crippen molar-refractivity contribution in [1.82, 2.24) is 0 Å². The van der Waals surface area contributed by atoms with E-state index in [2.05, 4.69) is 4.99 Å². The average molecular weight is 279 g/mol. The number of nitroso groups, excluding NO2 is 1. The third-order valence-electron chi connectivity index (χ3n) is 3.81. The number of aliphatic imine (C=N–C) groups is 1. The van der Waals surface area contributed by atoms with Crippen LogP contribution in [0.2, 0.25) is 0 Å². The molecular weight excluding hydrogens is 264 g/mol. The van der Waals surface area contributed by atoms with Crippen molar-refractivity contribution in [2.45, 2.75) is 25.3 Å². The van der Waals surface area contributed by atoms with Gasteiger partial charge in [-0.3, -0.25) is 5.73 Å². The lowest BCUT2D eigenvalue weighted by Crippen LogP contribution is -2.41. The second-order valence-electron chi connectivity index (χ2n) is 5.16. The zero-order valence-electron chi connectivity index (χ0n) is 11.5. The second-order valence-corrected chi connectivity index (χ2v) is 5.16. The maximum absolute atomic E-state index is 12.2. The van der Waals surface area contributed by atoms with Crippen LogP contribution in [0.4, 0.5) is 0 Å². The standard InChI is InChI=1S/C16H15N4O/c17-10-13-16(18)20(21)14-8-4-7-12(15(14)19-13)9-11-5-2-1-3-6-11/h1-3,5-6,9,14H,4,7-8,18H2/q+1/b12-9+. The Morgan fingerprint density at radius 1 is 1.38 bits per heavy atom. The lowest BCUT2D eigenvalue weighted by Gasteiger charge is -2.25. The minimum absolute atomic E-state index is 0.0112. The summed E-state index contributed by atoms with van der Waals surface area (Å²) in [4.78, 5) is 16.5. The smallest absolute Gasteiger partial charge is 0.282 e. The molecule has 2 aliphatic rings. The Hall–Kier alpha value is -2.74. The van der Waals surface area contributed by atoms with Crippen LogP contribution in [0.3, 0.4) is 0 Å². The first kappa shape index (κ1) is 13.3. The van der Waals surface area contributed by atoms with Gasteiger partial charge in [0.15, 0.2) is 6.04 Å². The normalized spacial score (nSPS) is 23.6. The molecule has 3 rings (SSSR count). The topological polar surface area (TPSA) is 82.2 Å². The number of hydrogen-bond acceptors (Lipinski definition) is 4. The number of nitrogens with two attached hydrogens (primary N) is 1. The van der Waals surface area contributed by atoms with E-state index in [9.17, 15) is 4.91 Å². The molecule has 1 unspecified atom stereocenters. The molecule has 1 aliphatic carbocycles. The molecule has 1 aromatic carbocycles. The molecule has 2 N–H and O–H groups in total. The van der Waals surface area contributed by atoms with Gasteiger partial charge in [-0.15, -0.1) is 0 Å². The third kappa shape index (κ3) is 2.36. The van der Waals surface area contributed by atoms with Crippen molar-refractivity contribution < 1.29 is 4.76 Å². The predicted octanol–water partition coefficient (Wildman–Crippen LogP) is 2.51. The van der Waals surface area contributed by atoms with Crippen LogP contribution in [0.1, 0.15) is 24.8 Å². The SMILES string of the molecule is N#CC1=C(N)[N+](=O)C2CCC/C(=C\c3ccccc3)C2=N1. The van der Waals surface area contributed by atoms with Crippen LogP contribution in [0.15, 0.2) is 52.4 Å². The number of benzene rings is 1. The van der Waals surface area contributed by atoms with E-state index in [0.717, 1.165) is 28.7 Å². The molecule has 1 atom stereocenters. The summed E-state index contributed by atoms with van der Waals surface area (Å²) in [6.07, 6.45) is 4.52. The first-order valence-electron chi connectivity index (χ1n) is 6.91. The van der Waals surface area contributed by atoms with Gasteiger partial charge in [0.25, 0.3) is 0 Å². The lowest BCUT2D eigenvalue weighted by atomic mass is 9.86. The van der Waals surface area contributed by atoms with Crippen molar-refractivity contribution in [3.8, 4) is 6.07 Å². The van der Waals surface area contributed by atoms with Gasteiger partial charge in [0, 0.05) is 0 Å². The van der Waals surface area contributed by atoms with E-state index in [4.69, 9.17) is 11.0 Å². The highest BCUT2D eigenvalue weighted by molar-refractivity contribution is 6.08. The van der Waals surface area contributed by atoms with Gasteiger partial charge in [-0.1, -0.05) is 35.2 Å². The van der Waals surface area contributed by atoms with E-state index >= 15 is 0 Å². The summed E-state index contributed by atoms with van der Waals surface area (Å²) in [6.45, 7) is 0. The molecule has 0 saturated heterocycles. The molecule has 21 heavy (non-hydrogen) atoms. The molecule has 1 fully saturated rings. The first-order chi connectivity index (χ1) is 10.2. The van der Waals surface area contributed by atoms with E-state index in [1.807, 2.05) is 42.5 Å². The lowest BCUT2D eigenvalue weighted by molar-refractivity contribution is -0.526. The van der Waals surface area contributed by atoms with Crippen LogP contribution in [-0.2, 0) is 0 Å². The number of allylic oxidation sites excluding steroid dienone is 1. The summed E-state index contributed by atoms with van der Waals surface area (Å²) >= 11 is 0. The van der Waals surface area contributed by atoms with E-state index < -0.39 is 0 Å². The third-order valence-corrected chi connectivity index (χ3v) is 3.81. The Balaban J connectivity index is 2.06. The monoisotopic (exact) mass is 279 g/mol. The number of nitriles is 1. The fraction of sp³-hybridized carbons (Fsp3) is 0.250. The molecular formula is C16H15N4O+. The predicted molar refractivity (Wildman–Crippen MR) is 79.9 cm³/mol. The summed E-state index contributed by atoms with van der Waals surface area (Å²) in [5, 5.41) is 9.07. The Labute approximate surface area is 122 Å². The van der Waals surface area contributed by atoms with Crippen LogP contribution in [0.5, 0.6) is 0 Å². The highest BCUT2D eigenvalue weighted by Gasteiger charge is 2.39. The van der Waals surface area contributed by atoms with Crippen molar-refractivity contribution in [1.29, 1.82) is 5.26 Å². The van der Waals surface area contributed by atoms with Crippen LogP contribution >= 0.6 is 0 Å². The Morgan fingerprint density at radius 3 is 2.86 bits per heavy atom.